The van der Waals surface area contributed by atoms with Crippen LogP contribution in [0, 0.1) is 6.20 Å². The van der Waals surface area contributed by atoms with Crippen LogP contribution in [0.3, 0.4) is 0 Å². The molecule has 2 rings (SSSR count). The second kappa shape index (κ2) is 2.99. The van der Waals surface area contributed by atoms with Crippen molar-refractivity contribution in [1.82, 2.24) is 9.55 Å². The maximum absolute atomic E-state index is 5.74. The van der Waals surface area contributed by atoms with Gasteiger partial charge in [-0.15, -0.1) is 0 Å². The number of nitrogens with zero attached hydrogens (tertiary/aromatic N) is 2. The Morgan fingerprint density at radius 3 is 2.58 bits per heavy atom. The summed E-state index contributed by atoms with van der Waals surface area (Å²) < 4.78 is 1.87. The first-order valence-electron chi connectivity index (χ1n) is 3.52. The highest BCUT2D eigenvalue weighted by atomic mass is 35.5. The molecule has 0 amide bonds. The number of aromatic nitrogens is 2. The van der Waals surface area contributed by atoms with Crippen LogP contribution in [0.1, 0.15) is 0 Å². The van der Waals surface area contributed by atoms with Crippen molar-refractivity contribution in [3.05, 3.63) is 48.0 Å². The highest BCUT2D eigenvalue weighted by Crippen LogP contribution is 2.12. The minimum Gasteiger partial charge on any atom is -0.306 e. The van der Waals surface area contributed by atoms with Crippen molar-refractivity contribution < 1.29 is 0 Å². The van der Waals surface area contributed by atoms with E-state index in [4.69, 9.17) is 11.6 Å². The Hall–Kier alpha value is -1.28. The lowest BCUT2D eigenvalue weighted by Crippen LogP contribution is -1.87. The number of hydrogen-bond acceptors (Lipinski definition) is 1. The Morgan fingerprint density at radius 1 is 1.25 bits per heavy atom. The van der Waals surface area contributed by atoms with E-state index in [0.29, 0.717) is 0 Å². The van der Waals surface area contributed by atoms with E-state index in [1.807, 2.05) is 28.8 Å². The molecule has 59 valence electrons. The molecule has 0 N–H and O–H groups in total. The molecule has 0 spiro atoms. The van der Waals surface area contributed by atoms with Crippen LogP contribution in [-0.2, 0) is 0 Å². The maximum Gasteiger partial charge on any atom is 0.109 e. The summed E-state index contributed by atoms with van der Waals surface area (Å²) in [6.45, 7) is 0. The molecule has 0 fully saturated rings. The van der Waals surface area contributed by atoms with Gasteiger partial charge in [-0.3, -0.25) is 0 Å². The van der Waals surface area contributed by atoms with Crippen LogP contribution in [0.4, 0.5) is 0 Å². The van der Waals surface area contributed by atoms with Crippen molar-refractivity contribution in [2.75, 3.05) is 0 Å². The Kier molecular flexibility index (Phi) is 1.84. The summed E-state index contributed by atoms with van der Waals surface area (Å²) in [5.74, 6) is 0. The van der Waals surface area contributed by atoms with E-state index in [1.54, 1.807) is 12.5 Å². The number of imidazole rings is 1. The molecular weight excluding hydrogens is 172 g/mol. The van der Waals surface area contributed by atoms with Gasteiger partial charge in [-0.1, -0.05) is 11.6 Å². The molecule has 0 aliphatic carbocycles. The molecular formula is C9H6ClN2. The first-order valence-corrected chi connectivity index (χ1v) is 3.90. The molecule has 0 unspecified atom stereocenters. The highest BCUT2D eigenvalue weighted by molar-refractivity contribution is 6.30. The average Bonchev–Trinajstić information content (AvgIpc) is 2.58. The summed E-state index contributed by atoms with van der Waals surface area (Å²) in [4.78, 5) is 3.83. The molecule has 1 heterocycles. The Labute approximate surface area is 75.4 Å². The third kappa shape index (κ3) is 1.34. The molecule has 2 aromatic rings. The monoisotopic (exact) mass is 177 g/mol. The third-order valence-electron chi connectivity index (χ3n) is 1.58. The largest absolute Gasteiger partial charge is 0.306 e. The second-order valence-electron chi connectivity index (χ2n) is 2.39. The first-order chi connectivity index (χ1) is 5.86. The van der Waals surface area contributed by atoms with Crippen LogP contribution < -0.4 is 0 Å². The molecule has 1 aromatic carbocycles. The van der Waals surface area contributed by atoms with E-state index >= 15 is 0 Å². The van der Waals surface area contributed by atoms with E-state index < -0.39 is 0 Å². The lowest BCUT2D eigenvalue weighted by Gasteiger charge is -1.99. The summed E-state index contributed by atoms with van der Waals surface area (Å²) in [6.07, 6.45) is 6.19. The summed E-state index contributed by atoms with van der Waals surface area (Å²) >= 11 is 5.74. The molecule has 3 heteroatoms. The molecule has 0 saturated heterocycles. The molecule has 0 saturated carbocycles. The fraction of sp³-hybridized carbons (Fsp3) is 0. The summed E-state index contributed by atoms with van der Waals surface area (Å²) in [7, 11) is 0. The quantitative estimate of drug-likeness (QED) is 0.654. The zero-order valence-electron chi connectivity index (χ0n) is 6.24. The number of benzene rings is 1. The van der Waals surface area contributed by atoms with Crippen molar-refractivity contribution >= 4 is 11.6 Å². The van der Waals surface area contributed by atoms with Gasteiger partial charge in [-0.05, 0) is 24.3 Å². The molecule has 0 aliphatic rings. The van der Waals surface area contributed by atoms with E-state index in [0.717, 1.165) is 10.7 Å². The normalized spacial score (nSPS) is 10.1. The molecule has 2 nitrogen and oxygen atoms in total. The van der Waals surface area contributed by atoms with Crippen LogP contribution in [0.2, 0.25) is 5.02 Å². The fourth-order valence-corrected chi connectivity index (χ4v) is 1.10. The van der Waals surface area contributed by atoms with Crippen molar-refractivity contribution in [2.45, 2.75) is 0 Å². The average molecular weight is 178 g/mol. The second-order valence-corrected chi connectivity index (χ2v) is 2.82. The van der Waals surface area contributed by atoms with Crippen LogP contribution in [-0.4, -0.2) is 9.55 Å². The van der Waals surface area contributed by atoms with Crippen molar-refractivity contribution in [3.63, 3.8) is 0 Å². The Balaban J connectivity index is 2.43. The van der Waals surface area contributed by atoms with Gasteiger partial charge in [0.1, 0.15) is 6.20 Å². The summed E-state index contributed by atoms with van der Waals surface area (Å²) in [5, 5.41) is 0.739. The number of rotatable bonds is 1. The number of halogens is 1. The van der Waals surface area contributed by atoms with Gasteiger partial charge in [0.25, 0.3) is 0 Å². The lowest BCUT2D eigenvalue weighted by atomic mass is 10.3. The number of hydrogen-bond donors (Lipinski definition) is 0. The van der Waals surface area contributed by atoms with Crippen LogP contribution >= 0.6 is 11.6 Å². The SMILES string of the molecule is Clc1ccc(-n2c[c]nc2)cc1. The highest BCUT2D eigenvalue weighted by Gasteiger charge is 1.93. The van der Waals surface area contributed by atoms with Crippen molar-refractivity contribution in [3.8, 4) is 5.69 Å². The molecule has 0 bridgehead atoms. The molecule has 0 aliphatic heterocycles. The topological polar surface area (TPSA) is 17.8 Å². The fourth-order valence-electron chi connectivity index (χ4n) is 0.979. The standard InChI is InChI=1S/C9H6ClN2/c10-8-1-3-9(4-2-8)12-6-5-11-7-12/h1-4,6-7H. The Morgan fingerprint density at radius 2 is 2.00 bits per heavy atom. The van der Waals surface area contributed by atoms with Crippen LogP contribution in [0.25, 0.3) is 5.69 Å². The summed E-state index contributed by atoms with van der Waals surface area (Å²) in [6, 6.07) is 7.55. The molecule has 1 aromatic heterocycles. The van der Waals surface area contributed by atoms with Gasteiger partial charge in [0.05, 0.1) is 6.33 Å². The minimum atomic E-state index is 0.739. The maximum atomic E-state index is 5.74. The zero-order chi connectivity index (χ0) is 8.39. The lowest BCUT2D eigenvalue weighted by molar-refractivity contribution is 1.06. The van der Waals surface area contributed by atoms with E-state index in [1.165, 1.54) is 0 Å². The Bertz CT molecular complexity index is 351. The molecule has 1 radical (unpaired) electrons. The van der Waals surface area contributed by atoms with Crippen LogP contribution in [0.5, 0.6) is 0 Å². The van der Waals surface area contributed by atoms with Gasteiger partial charge >= 0.3 is 0 Å². The van der Waals surface area contributed by atoms with E-state index in [2.05, 4.69) is 11.2 Å². The minimum absolute atomic E-state index is 0.739. The van der Waals surface area contributed by atoms with Crippen LogP contribution in [0.15, 0.2) is 36.8 Å². The van der Waals surface area contributed by atoms with E-state index in [9.17, 15) is 0 Å². The molecule has 0 atom stereocenters. The smallest absolute Gasteiger partial charge is 0.109 e. The van der Waals surface area contributed by atoms with Gasteiger partial charge < -0.3 is 4.57 Å². The third-order valence-corrected chi connectivity index (χ3v) is 1.83. The van der Waals surface area contributed by atoms with Gasteiger partial charge in [0.15, 0.2) is 0 Å². The van der Waals surface area contributed by atoms with E-state index in [-0.39, 0.29) is 0 Å². The van der Waals surface area contributed by atoms with Crippen molar-refractivity contribution in [1.29, 1.82) is 0 Å². The van der Waals surface area contributed by atoms with Gasteiger partial charge in [-0.2, -0.15) is 0 Å². The predicted molar refractivity (Wildman–Crippen MR) is 47.4 cm³/mol. The molecule has 12 heavy (non-hydrogen) atoms. The predicted octanol–water partition coefficient (Wildman–Crippen LogP) is 2.33. The zero-order valence-corrected chi connectivity index (χ0v) is 6.99. The van der Waals surface area contributed by atoms with Gasteiger partial charge in [-0.25, -0.2) is 4.98 Å². The van der Waals surface area contributed by atoms with Crippen molar-refractivity contribution in [2.24, 2.45) is 0 Å². The van der Waals surface area contributed by atoms with Gasteiger partial charge in [0.2, 0.25) is 0 Å². The van der Waals surface area contributed by atoms with Gasteiger partial charge in [0, 0.05) is 16.9 Å². The summed E-state index contributed by atoms with van der Waals surface area (Å²) in [5.41, 5.74) is 1.04. The first kappa shape index (κ1) is 7.37.